The van der Waals surface area contributed by atoms with E-state index in [4.69, 9.17) is 14.2 Å². The van der Waals surface area contributed by atoms with Gasteiger partial charge in [-0.3, -0.25) is 0 Å². The minimum atomic E-state index is -1.25. The maximum atomic E-state index is 15.4. The van der Waals surface area contributed by atoms with Gasteiger partial charge in [-0.05, 0) is 48.0 Å². The maximum Gasteiger partial charge on any atom is 0.201 e. The SMILES string of the molecule is COc1ccc(-c2c(-c3ccc(OCc4ccccc4)c(F)c3F)cnn2COCC[Si](C)(C)C)cc1. The van der Waals surface area contributed by atoms with E-state index in [9.17, 15) is 0 Å². The number of ether oxygens (including phenoxy) is 3. The Morgan fingerprint density at radius 1 is 0.865 bits per heavy atom. The van der Waals surface area contributed by atoms with E-state index in [1.165, 1.54) is 12.1 Å². The van der Waals surface area contributed by atoms with Crippen molar-refractivity contribution in [3.8, 4) is 33.9 Å². The second-order valence-corrected chi connectivity index (χ2v) is 15.6. The van der Waals surface area contributed by atoms with Crippen LogP contribution in [0.15, 0.2) is 72.9 Å². The van der Waals surface area contributed by atoms with Gasteiger partial charge in [-0.15, -0.1) is 0 Å². The van der Waals surface area contributed by atoms with Crippen LogP contribution in [0.1, 0.15) is 5.56 Å². The van der Waals surface area contributed by atoms with Crippen molar-refractivity contribution in [1.82, 2.24) is 9.78 Å². The molecule has 5 nitrogen and oxygen atoms in total. The Morgan fingerprint density at radius 3 is 2.27 bits per heavy atom. The van der Waals surface area contributed by atoms with Crippen LogP contribution in [-0.2, 0) is 18.1 Å². The van der Waals surface area contributed by atoms with Crippen LogP contribution in [0.3, 0.4) is 0 Å². The van der Waals surface area contributed by atoms with Crippen LogP contribution in [-0.4, -0.2) is 31.6 Å². The summed E-state index contributed by atoms with van der Waals surface area (Å²) in [7, 11) is 0.343. The zero-order chi connectivity index (χ0) is 26.4. The van der Waals surface area contributed by atoms with E-state index in [0.29, 0.717) is 23.6 Å². The number of nitrogens with zero attached hydrogens (tertiary/aromatic N) is 2. The summed E-state index contributed by atoms with van der Waals surface area (Å²) in [6.07, 6.45) is 1.55. The Kier molecular flexibility index (Phi) is 8.40. The van der Waals surface area contributed by atoms with Crippen molar-refractivity contribution in [2.75, 3.05) is 13.7 Å². The zero-order valence-corrected chi connectivity index (χ0v) is 22.6. The van der Waals surface area contributed by atoms with Crippen LogP contribution in [0.2, 0.25) is 25.7 Å². The third-order valence-corrected chi connectivity index (χ3v) is 7.69. The first-order chi connectivity index (χ1) is 17.8. The van der Waals surface area contributed by atoms with Crippen molar-refractivity contribution in [2.45, 2.75) is 39.0 Å². The van der Waals surface area contributed by atoms with E-state index in [-0.39, 0.29) is 24.7 Å². The number of aromatic nitrogens is 2. The number of methoxy groups -OCH3 is 1. The summed E-state index contributed by atoms with van der Waals surface area (Å²) in [6, 6.07) is 20.7. The van der Waals surface area contributed by atoms with Gasteiger partial charge >= 0.3 is 0 Å². The van der Waals surface area contributed by atoms with Crippen LogP contribution in [0.4, 0.5) is 8.78 Å². The maximum absolute atomic E-state index is 15.4. The molecule has 0 aliphatic heterocycles. The number of rotatable bonds is 11. The van der Waals surface area contributed by atoms with Gasteiger partial charge in [0.25, 0.3) is 0 Å². The fourth-order valence-corrected chi connectivity index (χ4v) is 4.61. The van der Waals surface area contributed by atoms with Crippen LogP contribution in [0.5, 0.6) is 11.5 Å². The summed E-state index contributed by atoms with van der Waals surface area (Å²) in [5, 5.41) is 4.47. The monoisotopic (exact) mass is 522 g/mol. The van der Waals surface area contributed by atoms with E-state index in [1.807, 2.05) is 54.6 Å². The molecule has 1 heterocycles. The summed E-state index contributed by atoms with van der Waals surface area (Å²) >= 11 is 0. The molecule has 0 bridgehead atoms. The molecule has 3 aromatic carbocycles. The number of halogens is 2. The summed E-state index contributed by atoms with van der Waals surface area (Å²) in [4.78, 5) is 0. The standard InChI is InChI=1S/C29H32F2N2O3Si/c1-34-23-12-10-22(11-13-23)29-25(18-32-33(29)20-35-16-17-37(2,3)4)24-14-15-26(28(31)27(24)30)36-19-21-8-6-5-7-9-21/h5-15,18H,16-17,19-20H2,1-4H3. The average Bonchev–Trinajstić information content (AvgIpc) is 3.31. The van der Waals surface area contributed by atoms with Crippen molar-refractivity contribution in [3.05, 3.63) is 90.1 Å². The Morgan fingerprint density at radius 2 is 1.59 bits per heavy atom. The predicted octanol–water partition coefficient (Wildman–Crippen LogP) is 7.40. The summed E-state index contributed by atoms with van der Waals surface area (Å²) in [5.41, 5.74) is 2.84. The molecule has 0 aliphatic carbocycles. The van der Waals surface area contributed by atoms with Crippen LogP contribution in [0, 0.1) is 11.6 Å². The fourth-order valence-electron chi connectivity index (χ4n) is 3.85. The van der Waals surface area contributed by atoms with Gasteiger partial charge in [0.15, 0.2) is 11.6 Å². The van der Waals surface area contributed by atoms with Gasteiger partial charge < -0.3 is 14.2 Å². The first kappa shape index (κ1) is 26.6. The van der Waals surface area contributed by atoms with Gasteiger partial charge in [0.05, 0.1) is 19.0 Å². The molecule has 1 aromatic heterocycles. The van der Waals surface area contributed by atoms with Gasteiger partial charge in [0, 0.05) is 31.4 Å². The molecule has 4 aromatic rings. The molecular weight excluding hydrogens is 490 g/mol. The minimum absolute atomic E-state index is 0.101. The van der Waals surface area contributed by atoms with E-state index in [1.54, 1.807) is 18.0 Å². The lowest BCUT2D eigenvalue weighted by Crippen LogP contribution is -2.22. The van der Waals surface area contributed by atoms with Crippen molar-refractivity contribution >= 4 is 8.07 Å². The molecule has 8 heteroatoms. The highest BCUT2D eigenvalue weighted by Gasteiger charge is 2.22. The van der Waals surface area contributed by atoms with E-state index in [0.717, 1.165) is 17.2 Å². The van der Waals surface area contributed by atoms with E-state index < -0.39 is 19.7 Å². The van der Waals surface area contributed by atoms with Crippen molar-refractivity contribution in [3.63, 3.8) is 0 Å². The zero-order valence-electron chi connectivity index (χ0n) is 21.6. The van der Waals surface area contributed by atoms with E-state index >= 15 is 8.78 Å². The molecule has 0 aliphatic rings. The molecule has 0 saturated heterocycles. The molecule has 4 rings (SSSR count). The van der Waals surface area contributed by atoms with Gasteiger partial charge in [0.1, 0.15) is 19.1 Å². The molecule has 194 valence electrons. The number of benzene rings is 3. The quantitative estimate of drug-likeness (QED) is 0.152. The third-order valence-electron chi connectivity index (χ3n) is 5.99. The highest BCUT2D eigenvalue weighted by atomic mass is 28.3. The Bertz CT molecular complexity index is 1320. The second-order valence-electron chi connectivity index (χ2n) is 10.00. The van der Waals surface area contributed by atoms with Crippen molar-refractivity contribution in [1.29, 1.82) is 0 Å². The Labute approximate surface area is 217 Å². The largest absolute Gasteiger partial charge is 0.497 e. The fraction of sp³-hybridized carbons (Fsp3) is 0.276. The third kappa shape index (κ3) is 6.64. The smallest absolute Gasteiger partial charge is 0.201 e. The van der Waals surface area contributed by atoms with Crippen molar-refractivity contribution in [2.24, 2.45) is 0 Å². The first-order valence-electron chi connectivity index (χ1n) is 12.2. The first-order valence-corrected chi connectivity index (χ1v) is 15.9. The predicted molar refractivity (Wildman–Crippen MR) is 144 cm³/mol. The summed E-state index contributed by atoms with van der Waals surface area (Å²) in [6.45, 7) is 7.82. The number of hydrogen-bond donors (Lipinski definition) is 0. The van der Waals surface area contributed by atoms with Crippen LogP contribution >= 0.6 is 0 Å². The molecule has 0 saturated carbocycles. The topological polar surface area (TPSA) is 45.5 Å². The molecule has 0 amide bonds. The Hall–Kier alpha value is -3.49. The lowest BCUT2D eigenvalue weighted by atomic mass is 10.0. The molecule has 0 unspecified atom stereocenters. The molecule has 0 N–H and O–H groups in total. The second kappa shape index (κ2) is 11.7. The molecule has 0 radical (unpaired) electrons. The van der Waals surface area contributed by atoms with Crippen molar-refractivity contribution < 1.29 is 23.0 Å². The lowest BCUT2D eigenvalue weighted by Gasteiger charge is -2.16. The minimum Gasteiger partial charge on any atom is -0.497 e. The summed E-state index contributed by atoms with van der Waals surface area (Å²) in [5.74, 6) is -1.47. The lowest BCUT2D eigenvalue weighted by molar-refractivity contribution is 0.0798. The average molecular weight is 523 g/mol. The van der Waals surface area contributed by atoms with Gasteiger partial charge in [-0.2, -0.15) is 9.49 Å². The highest BCUT2D eigenvalue weighted by molar-refractivity contribution is 6.76. The highest BCUT2D eigenvalue weighted by Crippen LogP contribution is 2.37. The van der Waals surface area contributed by atoms with E-state index in [2.05, 4.69) is 24.7 Å². The van der Waals surface area contributed by atoms with Gasteiger partial charge in [0.2, 0.25) is 5.82 Å². The molecular formula is C29H32F2N2O3Si. The molecule has 37 heavy (non-hydrogen) atoms. The summed E-state index contributed by atoms with van der Waals surface area (Å²) < 4.78 is 48.9. The van der Waals surface area contributed by atoms with Gasteiger partial charge in [-0.1, -0.05) is 50.0 Å². The molecule has 0 atom stereocenters. The van der Waals surface area contributed by atoms with Crippen LogP contribution in [0.25, 0.3) is 22.4 Å². The molecule has 0 fully saturated rings. The number of hydrogen-bond acceptors (Lipinski definition) is 4. The van der Waals surface area contributed by atoms with Gasteiger partial charge in [-0.25, -0.2) is 9.07 Å². The Balaban J connectivity index is 1.65. The molecule has 0 spiro atoms. The normalized spacial score (nSPS) is 11.5. The van der Waals surface area contributed by atoms with Crippen LogP contribution < -0.4 is 9.47 Å².